The van der Waals surface area contributed by atoms with Gasteiger partial charge in [0, 0.05) is 37.9 Å². The van der Waals surface area contributed by atoms with Crippen molar-refractivity contribution < 1.29 is 13.9 Å². The Bertz CT molecular complexity index is 1060. The van der Waals surface area contributed by atoms with Crippen LogP contribution in [0.3, 0.4) is 0 Å². The maximum absolute atomic E-state index is 15.0. The van der Waals surface area contributed by atoms with Crippen LogP contribution in [0.4, 0.5) is 20.6 Å². The highest BCUT2D eigenvalue weighted by molar-refractivity contribution is 7.80. The molecule has 33 heavy (non-hydrogen) atoms. The van der Waals surface area contributed by atoms with Crippen LogP contribution in [0.2, 0.25) is 5.15 Å². The van der Waals surface area contributed by atoms with Gasteiger partial charge in [-0.05, 0) is 37.3 Å². The molecule has 2 fully saturated rings. The SMILES string of the molecule is CC(=S)NC[C@H]1CN(c2ccc(N3CCN(C(=S)c4ccc(Cl)nc4)CC3)c(F)c2)C(=O)O1. The number of piperazine rings is 1. The molecular weight excluding hydrogens is 485 g/mol. The number of aromatic nitrogens is 1. The molecule has 1 amide bonds. The summed E-state index contributed by atoms with van der Waals surface area (Å²) in [6, 6.07) is 8.40. The van der Waals surface area contributed by atoms with Crippen molar-refractivity contribution in [2.24, 2.45) is 0 Å². The van der Waals surface area contributed by atoms with E-state index in [4.69, 9.17) is 40.8 Å². The zero-order chi connectivity index (χ0) is 23.5. The lowest BCUT2D eigenvalue weighted by Gasteiger charge is -2.37. The largest absolute Gasteiger partial charge is 0.442 e. The molecule has 2 aromatic rings. The van der Waals surface area contributed by atoms with E-state index in [1.807, 2.05) is 11.0 Å². The number of anilines is 2. The smallest absolute Gasteiger partial charge is 0.414 e. The highest BCUT2D eigenvalue weighted by atomic mass is 35.5. The fourth-order valence-electron chi connectivity index (χ4n) is 3.85. The zero-order valence-corrected chi connectivity index (χ0v) is 20.4. The van der Waals surface area contributed by atoms with E-state index in [1.54, 1.807) is 31.3 Å². The first-order valence-electron chi connectivity index (χ1n) is 10.5. The number of cyclic esters (lactones) is 1. The van der Waals surface area contributed by atoms with E-state index in [1.165, 1.54) is 11.0 Å². The van der Waals surface area contributed by atoms with E-state index in [-0.39, 0.29) is 11.9 Å². The monoisotopic (exact) mass is 507 g/mol. The van der Waals surface area contributed by atoms with Crippen LogP contribution in [0.5, 0.6) is 0 Å². The third kappa shape index (κ3) is 5.51. The molecule has 0 spiro atoms. The van der Waals surface area contributed by atoms with Crippen LogP contribution >= 0.6 is 36.0 Å². The number of hydrogen-bond donors (Lipinski definition) is 1. The molecule has 0 saturated carbocycles. The van der Waals surface area contributed by atoms with Gasteiger partial charge in [-0.3, -0.25) is 4.90 Å². The topological polar surface area (TPSA) is 60.9 Å². The van der Waals surface area contributed by atoms with Gasteiger partial charge in [-0.1, -0.05) is 36.0 Å². The van der Waals surface area contributed by atoms with Crippen molar-refractivity contribution in [3.05, 3.63) is 53.1 Å². The molecule has 7 nitrogen and oxygen atoms in total. The van der Waals surface area contributed by atoms with Crippen LogP contribution in [0.1, 0.15) is 12.5 Å². The average Bonchev–Trinajstić information content (AvgIpc) is 3.18. The van der Waals surface area contributed by atoms with Crippen LogP contribution < -0.4 is 15.1 Å². The number of amides is 1. The van der Waals surface area contributed by atoms with Crippen molar-refractivity contribution in [1.29, 1.82) is 0 Å². The Morgan fingerprint density at radius 3 is 2.64 bits per heavy atom. The number of nitrogens with zero attached hydrogens (tertiary/aromatic N) is 4. The Kier molecular flexibility index (Phi) is 7.26. The van der Waals surface area contributed by atoms with Gasteiger partial charge in [0.1, 0.15) is 22.1 Å². The second-order valence-corrected chi connectivity index (χ2v) is 9.22. The highest BCUT2D eigenvalue weighted by Gasteiger charge is 2.33. The number of hydrogen-bond acceptors (Lipinski definition) is 6. The van der Waals surface area contributed by atoms with E-state index in [9.17, 15) is 4.79 Å². The second kappa shape index (κ2) is 10.1. The molecule has 4 rings (SSSR count). The molecule has 174 valence electrons. The molecule has 2 aliphatic rings. The van der Waals surface area contributed by atoms with Crippen LogP contribution in [0.15, 0.2) is 36.5 Å². The van der Waals surface area contributed by atoms with Gasteiger partial charge in [0.2, 0.25) is 0 Å². The normalized spacial score (nSPS) is 18.3. The molecule has 2 aliphatic heterocycles. The summed E-state index contributed by atoms with van der Waals surface area (Å²) in [6.07, 6.45) is 0.830. The molecule has 1 aromatic heterocycles. The molecule has 2 saturated heterocycles. The fourth-order valence-corrected chi connectivity index (χ4v) is 4.35. The first kappa shape index (κ1) is 23.6. The maximum Gasteiger partial charge on any atom is 0.414 e. The third-order valence-electron chi connectivity index (χ3n) is 5.58. The molecule has 0 radical (unpaired) electrons. The molecule has 0 aliphatic carbocycles. The van der Waals surface area contributed by atoms with Gasteiger partial charge in [0.15, 0.2) is 0 Å². The minimum Gasteiger partial charge on any atom is -0.442 e. The minimum absolute atomic E-state index is 0.336. The average molecular weight is 508 g/mol. The molecule has 11 heteroatoms. The van der Waals surface area contributed by atoms with E-state index >= 15 is 4.39 Å². The van der Waals surface area contributed by atoms with Crippen molar-refractivity contribution in [2.45, 2.75) is 13.0 Å². The Hall–Kier alpha value is -2.56. The summed E-state index contributed by atoms with van der Waals surface area (Å²) in [7, 11) is 0. The molecule has 1 N–H and O–H groups in total. The highest BCUT2D eigenvalue weighted by Crippen LogP contribution is 2.28. The lowest BCUT2D eigenvalue weighted by Crippen LogP contribution is -2.48. The Labute approximate surface area is 207 Å². The quantitative estimate of drug-likeness (QED) is 0.486. The van der Waals surface area contributed by atoms with Crippen molar-refractivity contribution in [3.63, 3.8) is 0 Å². The summed E-state index contributed by atoms with van der Waals surface area (Å²) < 4.78 is 20.4. The lowest BCUT2D eigenvalue weighted by atomic mass is 10.2. The van der Waals surface area contributed by atoms with Crippen LogP contribution in [-0.2, 0) is 4.74 Å². The van der Waals surface area contributed by atoms with Crippen LogP contribution in [-0.4, -0.2) is 71.3 Å². The molecular formula is C22H23ClFN5O2S2. The summed E-state index contributed by atoms with van der Waals surface area (Å²) in [5.41, 5.74) is 1.81. The number of ether oxygens (including phenoxy) is 1. The van der Waals surface area contributed by atoms with Gasteiger partial charge in [0.25, 0.3) is 0 Å². The van der Waals surface area contributed by atoms with Gasteiger partial charge >= 0.3 is 6.09 Å². The summed E-state index contributed by atoms with van der Waals surface area (Å²) in [4.78, 5) is 23.2. The molecule has 3 heterocycles. The van der Waals surface area contributed by atoms with Crippen molar-refractivity contribution in [2.75, 3.05) is 49.1 Å². The summed E-state index contributed by atoms with van der Waals surface area (Å²) in [5.74, 6) is -0.380. The molecule has 1 atom stereocenters. The van der Waals surface area contributed by atoms with Crippen molar-refractivity contribution in [3.8, 4) is 0 Å². The number of thiocarbonyl (C=S) groups is 2. The summed E-state index contributed by atoms with van der Waals surface area (Å²) in [6.45, 7) is 5.09. The number of rotatable bonds is 5. The number of halogens is 2. The summed E-state index contributed by atoms with van der Waals surface area (Å²) in [5, 5.41) is 3.41. The van der Waals surface area contributed by atoms with E-state index in [0.717, 1.165) is 5.56 Å². The molecule has 1 aromatic carbocycles. The standard InChI is InChI=1S/C22H23ClFN5O2S2/c1-14(32)25-12-17-13-29(22(30)31-17)16-3-4-19(18(24)10-16)27-6-8-28(9-7-27)21(33)15-2-5-20(23)26-11-15/h2-5,10-11,17H,6-9,12-13H2,1H3,(H,25,32)/t17-/m0/s1. The molecule has 0 unspecified atom stereocenters. The number of pyridine rings is 1. The van der Waals surface area contributed by atoms with Crippen molar-refractivity contribution >= 4 is 63.5 Å². The van der Waals surface area contributed by atoms with Gasteiger partial charge in [0.05, 0.1) is 29.5 Å². The van der Waals surface area contributed by atoms with Crippen LogP contribution in [0, 0.1) is 5.82 Å². The second-order valence-electron chi connectivity index (χ2n) is 7.84. The fraction of sp³-hybridized carbons (Fsp3) is 0.364. The van der Waals surface area contributed by atoms with Gasteiger partial charge in [-0.15, -0.1) is 0 Å². The van der Waals surface area contributed by atoms with Gasteiger partial charge in [-0.25, -0.2) is 14.2 Å². The number of carbonyl (C=O) groups excluding carboxylic acids is 1. The number of benzene rings is 1. The van der Waals surface area contributed by atoms with Crippen LogP contribution in [0.25, 0.3) is 0 Å². The van der Waals surface area contributed by atoms with E-state index in [0.29, 0.717) is 65.8 Å². The predicted octanol–water partition coefficient (Wildman–Crippen LogP) is 3.63. The first-order chi connectivity index (χ1) is 15.8. The maximum atomic E-state index is 15.0. The Morgan fingerprint density at radius 2 is 2.00 bits per heavy atom. The zero-order valence-electron chi connectivity index (χ0n) is 18.0. The Morgan fingerprint density at radius 1 is 1.24 bits per heavy atom. The molecule has 0 bridgehead atoms. The minimum atomic E-state index is -0.491. The number of carbonyl (C=O) groups is 1. The summed E-state index contributed by atoms with van der Waals surface area (Å²) >= 11 is 16.4. The van der Waals surface area contributed by atoms with Gasteiger partial charge < -0.3 is 19.9 Å². The first-order valence-corrected chi connectivity index (χ1v) is 11.7. The van der Waals surface area contributed by atoms with E-state index < -0.39 is 6.09 Å². The van der Waals surface area contributed by atoms with Gasteiger partial charge in [-0.2, -0.15) is 0 Å². The third-order valence-corrected chi connectivity index (χ3v) is 6.44. The van der Waals surface area contributed by atoms with Crippen molar-refractivity contribution in [1.82, 2.24) is 15.2 Å². The lowest BCUT2D eigenvalue weighted by molar-refractivity contribution is 0.143. The Balaban J connectivity index is 1.37. The predicted molar refractivity (Wildman–Crippen MR) is 135 cm³/mol. The van der Waals surface area contributed by atoms with E-state index in [2.05, 4.69) is 15.2 Å². The number of nitrogens with one attached hydrogen (secondary N) is 1.